The van der Waals surface area contributed by atoms with Crippen LogP contribution < -0.4 is 0 Å². The summed E-state index contributed by atoms with van der Waals surface area (Å²) >= 11 is 22.1. The molecule has 2 saturated carbocycles. The molecule has 3 aliphatic rings. The zero-order valence-electron chi connectivity index (χ0n) is 12.2. The van der Waals surface area contributed by atoms with Crippen molar-refractivity contribution in [2.24, 2.45) is 17.8 Å². The van der Waals surface area contributed by atoms with Crippen LogP contribution in [0.25, 0.3) is 0 Å². The Balaban J connectivity index is 1.73. The number of benzene rings is 1. The van der Waals surface area contributed by atoms with E-state index < -0.39 is 0 Å². The van der Waals surface area contributed by atoms with Crippen molar-refractivity contribution in [1.29, 1.82) is 0 Å². The molecular formula is C17H15Cl2NS3. The van der Waals surface area contributed by atoms with Crippen molar-refractivity contribution in [2.75, 3.05) is 0 Å². The lowest BCUT2D eigenvalue weighted by atomic mass is 9.75. The van der Waals surface area contributed by atoms with Gasteiger partial charge in [-0.05, 0) is 60.9 Å². The minimum Gasteiger partial charge on any atom is -0.332 e. The Morgan fingerprint density at radius 1 is 1.17 bits per heavy atom. The minimum absolute atomic E-state index is 0.343. The van der Waals surface area contributed by atoms with Gasteiger partial charge < -0.3 is 4.98 Å². The Morgan fingerprint density at radius 3 is 2.87 bits per heavy atom. The molecule has 2 fully saturated rings. The molecule has 0 amide bonds. The predicted molar refractivity (Wildman–Crippen MR) is 102 cm³/mol. The quantitative estimate of drug-likeness (QED) is 0.532. The molecule has 1 aromatic heterocycles. The summed E-state index contributed by atoms with van der Waals surface area (Å²) in [5.74, 6) is 2.69. The fourth-order valence-electron chi connectivity index (χ4n) is 4.96. The van der Waals surface area contributed by atoms with Crippen molar-refractivity contribution in [3.05, 3.63) is 42.6 Å². The van der Waals surface area contributed by atoms with Crippen molar-refractivity contribution in [3.8, 4) is 0 Å². The number of hydrogen-bond donors (Lipinski definition) is 1. The molecule has 2 aromatic rings. The van der Waals surface area contributed by atoms with E-state index in [9.17, 15) is 0 Å². The summed E-state index contributed by atoms with van der Waals surface area (Å²) in [4.78, 5) is 4.80. The molecule has 0 saturated heterocycles. The lowest BCUT2D eigenvalue weighted by Gasteiger charge is -2.40. The van der Waals surface area contributed by atoms with Gasteiger partial charge in [-0.2, -0.15) is 0 Å². The predicted octanol–water partition coefficient (Wildman–Crippen LogP) is 6.76. The van der Waals surface area contributed by atoms with E-state index in [2.05, 4.69) is 11.1 Å². The molecule has 0 spiro atoms. The number of rotatable bonds is 1. The summed E-state index contributed by atoms with van der Waals surface area (Å²) in [5.41, 5.74) is 1.19. The lowest BCUT2D eigenvalue weighted by molar-refractivity contribution is 0.307. The Labute approximate surface area is 158 Å². The maximum absolute atomic E-state index is 6.62. The Morgan fingerprint density at radius 2 is 2.00 bits per heavy atom. The van der Waals surface area contributed by atoms with E-state index >= 15 is 0 Å². The second kappa shape index (κ2) is 5.50. The second-order valence-electron chi connectivity index (χ2n) is 6.82. The number of H-pyrrole nitrogens is 1. The van der Waals surface area contributed by atoms with E-state index in [-0.39, 0.29) is 0 Å². The van der Waals surface area contributed by atoms with Crippen molar-refractivity contribution in [3.63, 3.8) is 0 Å². The summed E-state index contributed by atoms with van der Waals surface area (Å²) in [6, 6.07) is 6.06. The van der Waals surface area contributed by atoms with Gasteiger partial charge in [-0.15, -0.1) is 23.1 Å². The van der Waals surface area contributed by atoms with Crippen LogP contribution in [0.3, 0.4) is 0 Å². The Kier molecular flexibility index (Phi) is 3.65. The molecule has 2 bridgehead atoms. The largest absolute Gasteiger partial charge is 0.332 e. The average Bonchev–Trinajstić information content (AvgIpc) is 3.21. The standard InChI is InChI=1S/C17H15Cl2NS3/c18-10-3-1-2-9(13(10)19)12-11-7-4-5-8(6-7)14(11)22-16-15(12)23-17(21)20-16/h1-3,7-8,11-12,14H,4-6H2,(H,20,21). The maximum atomic E-state index is 6.62. The number of fused-ring (bicyclic) bond motifs is 6. The van der Waals surface area contributed by atoms with E-state index in [0.717, 1.165) is 20.8 Å². The summed E-state index contributed by atoms with van der Waals surface area (Å²) < 4.78 is 0.873. The van der Waals surface area contributed by atoms with Crippen molar-refractivity contribution in [2.45, 2.75) is 35.5 Å². The van der Waals surface area contributed by atoms with Crippen LogP contribution >= 0.6 is 58.5 Å². The summed E-state index contributed by atoms with van der Waals surface area (Å²) in [6.07, 6.45) is 4.13. The molecule has 5 atom stereocenters. The highest BCUT2D eigenvalue weighted by Gasteiger charge is 2.54. The molecule has 23 heavy (non-hydrogen) atoms. The number of nitrogens with one attached hydrogen (secondary N) is 1. The van der Waals surface area contributed by atoms with Gasteiger partial charge >= 0.3 is 0 Å². The lowest BCUT2D eigenvalue weighted by Crippen LogP contribution is -2.33. The van der Waals surface area contributed by atoms with Crippen LogP contribution in [0.1, 0.15) is 35.6 Å². The molecule has 1 N–H and O–H groups in total. The van der Waals surface area contributed by atoms with E-state index in [1.165, 1.54) is 34.7 Å². The number of halogens is 2. The fraction of sp³-hybridized carbons (Fsp3) is 0.471. The van der Waals surface area contributed by atoms with Crippen molar-refractivity contribution < 1.29 is 0 Å². The first-order chi connectivity index (χ1) is 11.1. The first-order valence-corrected chi connectivity index (χ1v) is 10.8. The molecule has 120 valence electrons. The molecule has 1 aromatic carbocycles. The van der Waals surface area contributed by atoms with Gasteiger partial charge in [0.25, 0.3) is 0 Å². The van der Waals surface area contributed by atoms with Gasteiger partial charge in [0.1, 0.15) is 0 Å². The van der Waals surface area contributed by atoms with Gasteiger partial charge in [-0.1, -0.05) is 35.3 Å². The van der Waals surface area contributed by atoms with Crippen molar-refractivity contribution >= 4 is 58.5 Å². The van der Waals surface area contributed by atoms with Gasteiger partial charge in [0, 0.05) is 16.0 Å². The first kappa shape index (κ1) is 15.3. The van der Waals surface area contributed by atoms with Crippen LogP contribution in [0.5, 0.6) is 0 Å². The SMILES string of the molecule is S=c1[nH]c2c(s1)C(c1cccc(Cl)c1Cl)C1C3CCC(C3)C1S2. The monoisotopic (exact) mass is 399 g/mol. The third-order valence-corrected chi connectivity index (χ3v) is 9.59. The van der Waals surface area contributed by atoms with Crippen LogP contribution in [0, 0.1) is 21.7 Å². The smallest absolute Gasteiger partial charge is 0.159 e. The normalized spacial score (nSPS) is 34.4. The number of aromatic amines is 1. The highest BCUT2D eigenvalue weighted by atomic mass is 35.5. The summed E-state index contributed by atoms with van der Waals surface area (Å²) in [7, 11) is 0. The van der Waals surface area contributed by atoms with Gasteiger partial charge in [0.15, 0.2) is 3.95 Å². The van der Waals surface area contributed by atoms with Crippen molar-refractivity contribution in [1.82, 2.24) is 4.98 Å². The Bertz CT molecular complexity index is 843. The number of hydrogen-bond acceptors (Lipinski definition) is 3. The van der Waals surface area contributed by atoms with E-state index in [1.807, 2.05) is 23.9 Å². The molecule has 1 nitrogen and oxygen atoms in total. The van der Waals surface area contributed by atoms with Gasteiger partial charge in [-0.25, -0.2) is 0 Å². The Hall–Kier alpha value is -0.0000000000000000555. The number of thiazole rings is 1. The third-order valence-electron chi connectivity index (χ3n) is 5.78. The van der Waals surface area contributed by atoms with Gasteiger partial charge in [0.2, 0.25) is 0 Å². The van der Waals surface area contributed by atoms with E-state index in [1.54, 1.807) is 11.3 Å². The number of aromatic nitrogens is 1. The second-order valence-corrected chi connectivity index (χ2v) is 10.5. The average molecular weight is 400 g/mol. The molecular weight excluding hydrogens is 385 g/mol. The van der Waals surface area contributed by atoms with Crippen LogP contribution in [0.2, 0.25) is 10.0 Å². The summed E-state index contributed by atoms with van der Waals surface area (Å²) in [5, 5.41) is 3.34. The molecule has 2 aliphatic carbocycles. The van der Waals surface area contributed by atoms with E-state index in [0.29, 0.717) is 22.1 Å². The number of thioether (sulfide) groups is 1. The minimum atomic E-state index is 0.343. The van der Waals surface area contributed by atoms with Crippen LogP contribution in [0.4, 0.5) is 0 Å². The van der Waals surface area contributed by atoms with Gasteiger partial charge in [0.05, 0.1) is 15.1 Å². The molecule has 5 rings (SSSR count). The summed E-state index contributed by atoms with van der Waals surface area (Å²) in [6.45, 7) is 0. The van der Waals surface area contributed by atoms with Crippen LogP contribution in [-0.2, 0) is 0 Å². The molecule has 5 unspecified atom stereocenters. The molecule has 6 heteroatoms. The first-order valence-electron chi connectivity index (χ1n) is 7.97. The van der Waals surface area contributed by atoms with Crippen LogP contribution in [0.15, 0.2) is 23.2 Å². The highest BCUT2D eigenvalue weighted by molar-refractivity contribution is 8.00. The van der Waals surface area contributed by atoms with Gasteiger partial charge in [-0.3, -0.25) is 0 Å². The molecule has 1 aliphatic heterocycles. The van der Waals surface area contributed by atoms with Crippen LogP contribution in [-0.4, -0.2) is 10.2 Å². The zero-order valence-corrected chi connectivity index (χ0v) is 16.2. The maximum Gasteiger partial charge on any atom is 0.159 e. The fourth-order valence-corrected chi connectivity index (χ4v) is 8.71. The highest BCUT2D eigenvalue weighted by Crippen LogP contribution is 2.64. The topological polar surface area (TPSA) is 15.8 Å². The zero-order chi connectivity index (χ0) is 15.7. The third kappa shape index (κ3) is 2.22. The molecule has 2 heterocycles. The molecule has 0 radical (unpaired) electrons. The van der Waals surface area contributed by atoms with E-state index in [4.69, 9.17) is 35.4 Å².